The maximum Gasteiger partial charge on any atom is 0.0626 e. The van der Waals surface area contributed by atoms with Crippen LogP contribution < -0.4 is 0 Å². The van der Waals surface area contributed by atoms with Gasteiger partial charge in [-0.15, -0.1) is 0 Å². The van der Waals surface area contributed by atoms with Crippen molar-refractivity contribution in [3.8, 4) is 0 Å². The lowest BCUT2D eigenvalue weighted by Crippen LogP contribution is -2.25. The normalized spacial score (nSPS) is 12.0. The topological polar surface area (TPSA) is 9.23 Å². The van der Waals surface area contributed by atoms with Gasteiger partial charge in [0.2, 0.25) is 0 Å². The second-order valence-electron chi connectivity index (χ2n) is 5.20. The maximum absolute atomic E-state index is 5.75. The Labute approximate surface area is 108 Å². The third kappa shape index (κ3) is 10.8. The van der Waals surface area contributed by atoms with Crippen molar-refractivity contribution in [3.63, 3.8) is 0 Å². The first kappa shape index (κ1) is 16.3. The lowest BCUT2D eigenvalue weighted by molar-refractivity contribution is -0.0162. The number of rotatable bonds is 11. The average Bonchev–Trinajstić information content (AvgIpc) is 2.25. The fourth-order valence-electron chi connectivity index (χ4n) is 1.90. The first-order chi connectivity index (χ1) is 7.62. The Morgan fingerprint density at radius 1 is 0.938 bits per heavy atom. The molecule has 0 unspecified atom stereocenters. The van der Waals surface area contributed by atoms with Gasteiger partial charge >= 0.3 is 0 Å². The summed E-state index contributed by atoms with van der Waals surface area (Å²) in [6.45, 7) is 7.41. The van der Waals surface area contributed by atoms with Gasteiger partial charge in [0.25, 0.3) is 0 Å². The van der Waals surface area contributed by atoms with Crippen LogP contribution in [0.25, 0.3) is 0 Å². The quantitative estimate of drug-likeness (QED) is 0.405. The molecule has 0 spiro atoms. The van der Waals surface area contributed by atoms with E-state index in [1.807, 2.05) is 0 Å². The zero-order chi connectivity index (χ0) is 12.3. The summed E-state index contributed by atoms with van der Waals surface area (Å²) in [7, 11) is 0. The standard InChI is InChI=1S/C14H30OS/c1-4-5-6-7-8-9-10-11-14(2,3)15-12-13-16/h16H,4-13H2,1-3H3. The third-order valence-corrected chi connectivity index (χ3v) is 3.15. The first-order valence-corrected chi connectivity index (χ1v) is 7.50. The first-order valence-electron chi connectivity index (χ1n) is 6.87. The Balaban J connectivity index is 3.29. The molecule has 0 fully saturated rings. The van der Waals surface area contributed by atoms with Gasteiger partial charge in [-0.05, 0) is 20.3 Å². The summed E-state index contributed by atoms with van der Waals surface area (Å²) in [5, 5.41) is 0. The van der Waals surface area contributed by atoms with E-state index in [0.717, 1.165) is 12.4 Å². The van der Waals surface area contributed by atoms with Gasteiger partial charge in [-0.1, -0.05) is 51.9 Å². The molecule has 1 nitrogen and oxygen atoms in total. The number of hydrogen-bond acceptors (Lipinski definition) is 2. The average molecular weight is 246 g/mol. The minimum atomic E-state index is 0.0478. The van der Waals surface area contributed by atoms with Crippen molar-refractivity contribution in [2.75, 3.05) is 12.4 Å². The summed E-state index contributed by atoms with van der Waals surface area (Å²) in [6, 6.07) is 0. The van der Waals surface area contributed by atoms with Gasteiger partial charge in [0, 0.05) is 5.75 Å². The third-order valence-electron chi connectivity index (χ3n) is 2.97. The van der Waals surface area contributed by atoms with Gasteiger partial charge in [-0.25, -0.2) is 0 Å². The van der Waals surface area contributed by atoms with Crippen molar-refractivity contribution in [2.45, 2.75) is 77.7 Å². The summed E-state index contributed by atoms with van der Waals surface area (Å²) in [5.74, 6) is 0.820. The molecular formula is C14H30OS. The van der Waals surface area contributed by atoms with Gasteiger partial charge in [0.1, 0.15) is 0 Å². The molecule has 0 N–H and O–H groups in total. The van der Waals surface area contributed by atoms with Gasteiger partial charge < -0.3 is 4.74 Å². The Bertz CT molecular complexity index is 146. The molecule has 0 aliphatic rings. The molecule has 0 aromatic heterocycles. The van der Waals surface area contributed by atoms with Gasteiger partial charge in [-0.2, -0.15) is 12.6 Å². The van der Waals surface area contributed by atoms with Gasteiger partial charge in [0.05, 0.1) is 12.2 Å². The molecule has 0 heterocycles. The van der Waals surface area contributed by atoms with Crippen LogP contribution in [0.15, 0.2) is 0 Å². The number of thiol groups is 1. The predicted molar refractivity (Wildman–Crippen MR) is 76.5 cm³/mol. The monoisotopic (exact) mass is 246 g/mol. The molecule has 0 amide bonds. The maximum atomic E-state index is 5.75. The predicted octanol–water partition coefficient (Wildman–Crippen LogP) is 4.85. The minimum Gasteiger partial charge on any atom is -0.375 e. The number of hydrogen-bond donors (Lipinski definition) is 1. The fourth-order valence-corrected chi connectivity index (χ4v) is 1.99. The van der Waals surface area contributed by atoms with Crippen LogP contribution in [0.2, 0.25) is 0 Å². The van der Waals surface area contributed by atoms with Crippen molar-refractivity contribution in [1.29, 1.82) is 0 Å². The Kier molecular flexibility index (Phi) is 10.7. The van der Waals surface area contributed by atoms with E-state index in [4.69, 9.17) is 4.74 Å². The van der Waals surface area contributed by atoms with Crippen molar-refractivity contribution < 1.29 is 4.74 Å². The zero-order valence-corrected chi connectivity index (χ0v) is 12.3. The highest BCUT2D eigenvalue weighted by molar-refractivity contribution is 7.80. The summed E-state index contributed by atoms with van der Waals surface area (Å²) in [5.41, 5.74) is 0.0478. The molecule has 0 bridgehead atoms. The summed E-state index contributed by atoms with van der Waals surface area (Å²) >= 11 is 4.16. The number of ether oxygens (including phenoxy) is 1. The van der Waals surface area contributed by atoms with E-state index >= 15 is 0 Å². The molecule has 0 aliphatic carbocycles. The van der Waals surface area contributed by atoms with Crippen LogP contribution in [-0.2, 0) is 4.74 Å². The largest absolute Gasteiger partial charge is 0.375 e. The van der Waals surface area contributed by atoms with Crippen molar-refractivity contribution in [1.82, 2.24) is 0 Å². The molecule has 0 saturated carbocycles. The van der Waals surface area contributed by atoms with E-state index in [0.29, 0.717) is 0 Å². The van der Waals surface area contributed by atoms with Crippen LogP contribution in [0.3, 0.4) is 0 Å². The second kappa shape index (κ2) is 10.5. The van der Waals surface area contributed by atoms with E-state index in [2.05, 4.69) is 33.4 Å². The second-order valence-corrected chi connectivity index (χ2v) is 5.65. The summed E-state index contributed by atoms with van der Waals surface area (Å²) in [6.07, 6.45) is 10.8. The number of unbranched alkanes of at least 4 members (excludes halogenated alkanes) is 6. The highest BCUT2D eigenvalue weighted by Gasteiger charge is 2.16. The van der Waals surface area contributed by atoms with Crippen LogP contribution >= 0.6 is 12.6 Å². The summed E-state index contributed by atoms with van der Waals surface area (Å²) < 4.78 is 5.75. The van der Waals surface area contributed by atoms with Crippen LogP contribution in [0.4, 0.5) is 0 Å². The van der Waals surface area contributed by atoms with Crippen LogP contribution in [0.1, 0.15) is 72.1 Å². The molecule has 0 aromatic rings. The van der Waals surface area contributed by atoms with Crippen molar-refractivity contribution >= 4 is 12.6 Å². The Morgan fingerprint density at radius 3 is 2.06 bits per heavy atom. The molecule has 0 rings (SSSR count). The van der Waals surface area contributed by atoms with Crippen LogP contribution in [-0.4, -0.2) is 18.0 Å². The molecule has 0 aliphatic heterocycles. The zero-order valence-electron chi connectivity index (χ0n) is 11.4. The minimum absolute atomic E-state index is 0.0478. The van der Waals surface area contributed by atoms with E-state index in [1.165, 1.54) is 51.4 Å². The fraction of sp³-hybridized carbons (Fsp3) is 1.00. The van der Waals surface area contributed by atoms with E-state index in [-0.39, 0.29) is 5.60 Å². The van der Waals surface area contributed by atoms with Crippen LogP contribution in [0, 0.1) is 0 Å². The van der Waals surface area contributed by atoms with Crippen molar-refractivity contribution in [3.05, 3.63) is 0 Å². The molecule has 16 heavy (non-hydrogen) atoms. The SMILES string of the molecule is CCCCCCCCCC(C)(C)OCCS. The summed E-state index contributed by atoms with van der Waals surface area (Å²) in [4.78, 5) is 0. The molecule has 2 heteroatoms. The highest BCUT2D eigenvalue weighted by Crippen LogP contribution is 2.19. The van der Waals surface area contributed by atoms with E-state index in [1.54, 1.807) is 0 Å². The molecule has 0 radical (unpaired) electrons. The van der Waals surface area contributed by atoms with Crippen LogP contribution in [0.5, 0.6) is 0 Å². The smallest absolute Gasteiger partial charge is 0.0626 e. The van der Waals surface area contributed by atoms with Gasteiger partial charge in [-0.3, -0.25) is 0 Å². The lowest BCUT2D eigenvalue weighted by Gasteiger charge is -2.25. The van der Waals surface area contributed by atoms with E-state index < -0.39 is 0 Å². The molecule has 98 valence electrons. The molecule has 0 atom stereocenters. The Hall–Kier alpha value is 0.310. The molecular weight excluding hydrogens is 216 g/mol. The van der Waals surface area contributed by atoms with Crippen molar-refractivity contribution in [2.24, 2.45) is 0 Å². The Morgan fingerprint density at radius 2 is 1.50 bits per heavy atom. The van der Waals surface area contributed by atoms with Gasteiger partial charge in [0.15, 0.2) is 0 Å². The molecule has 0 aromatic carbocycles. The van der Waals surface area contributed by atoms with E-state index in [9.17, 15) is 0 Å². The highest BCUT2D eigenvalue weighted by atomic mass is 32.1. The lowest BCUT2D eigenvalue weighted by atomic mass is 9.99. The molecule has 0 saturated heterocycles.